The van der Waals surface area contributed by atoms with Crippen LogP contribution in [0.2, 0.25) is 0 Å². The molecule has 1 aliphatic rings. The average Bonchev–Trinajstić information content (AvgIpc) is 2.52. The van der Waals surface area contributed by atoms with Gasteiger partial charge in [-0.1, -0.05) is 0 Å². The maximum Gasteiger partial charge on any atom is 0.251 e. The highest BCUT2D eigenvalue weighted by molar-refractivity contribution is 14.0. The predicted molar refractivity (Wildman–Crippen MR) is 97.8 cm³/mol. The second-order valence-corrected chi connectivity index (χ2v) is 5.09. The van der Waals surface area contributed by atoms with Crippen molar-refractivity contribution >= 4 is 35.8 Å². The highest BCUT2D eigenvalue weighted by atomic mass is 127. The minimum atomic E-state index is -0.179. The molecule has 2 rings (SSSR count). The monoisotopic (exact) mass is 418 g/mol. The zero-order chi connectivity index (χ0) is 15.1. The van der Waals surface area contributed by atoms with Crippen LogP contribution in [0.5, 0.6) is 5.75 Å². The zero-order valence-electron chi connectivity index (χ0n) is 12.5. The molecular weight excluding hydrogens is 395 g/mol. The fourth-order valence-corrected chi connectivity index (χ4v) is 2.28. The Kier molecular flexibility index (Phi) is 8.00. The van der Waals surface area contributed by atoms with Crippen LogP contribution in [-0.4, -0.2) is 48.1 Å². The van der Waals surface area contributed by atoms with Crippen LogP contribution in [0.15, 0.2) is 29.3 Å². The highest BCUT2D eigenvalue weighted by Gasteiger charge is 2.11. The second kappa shape index (κ2) is 9.50. The molecule has 0 bridgehead atoms. The summed E-state index contributed by atoms with van der Waals surface area (Å²) in [5.41, 5.74) is 6.44. The molecule has 0 radical (unpaired) electrons. The van der Waals surface area contributed by atoms with E-state index < -0.39 is 0 Å². The number of nitrogens with two attached hydrogens (primary N) is 1. The second-order valence-electron chi connectivity index (χ2n) is 5.09. The summed E-state index contributed by atoms with van der Waals surface area (Å²) < 4.78 is 0. The number of piperidine rings is 1. The van der Waals surface area contributed by atoms with Crippen molar-refractivity contribution in [2.24, 2.45) is 10.7 Å². The number of phenolic OH excluding ortho intramolecular Hbond substituents is 1. The Labute approximate surface area is 147 Å². The Morgan fingerprint density at radius 2 is 1.86 bits per heavy atom. The zero-order valence-corrected chi connectivity index (χ0v) is 14.8. The number of carbonyl (C=O) groups is 1. The molecule has 1 fully saturated rings. The summed E-state index contributed by atoms with van der Waals surface area (Å²) in [5.74, 6) is 0.529. The van der Waals surface area contributed by atoms with Crippen molar-refractivity contribution in [2.45, 2.75) is 19.3 Å². The molecule has 0 atom stereocenters. The van der Waals surface area contributed by atoms with Gasteiger partial charge in [0.15, 0.2) is 5.96 Å². The van der Waals surface area contributed by atoms with E-state index in [0.717, 1.165) is 25.9 Å². The molecule has 0 spiro atoms. The first-order valence-corrected chi connectivity index (χ1v) is 7.29. The van der Waals surface area contributed by atoms with E-state index in [0.29, 0.717) is 24.6 Å². The molecule has 122 valence electrons. The van der Waals surface area contributed by atoms with Gasteiger partial charge in [-0.05, 0) is 43.5 Å². The molecule has 1 aliphatic heterocycles. The van der Waals surface area contributed by atoms with E-state index in [2.05, 4.69) is 15.2 Å². The lowest BCUT2D eigenvalue weighted by atomic mass is 10.1. The first kappa shape index (κ1) is 18.5. The van der Waals surface area contributed by atoms with E-state index in [1.165, 1.54) is 18.6 Å². The number of nitrogens with one attached hydrogen (secondary N) is 1. The standard InChI is InChI=1S/C15H22N4O2.HI/c16-15(19-10-2-1-3-11-19)18-9-8-17-14(21)12-4-6-13(20)7-5-12;/h4-7,20H,1-3,8-11H2,(H2,16,18)(H,17,21);1H. The van der Waals surface area contributed by atoms with Crippen LogP contribution in [0.1, 0.15) is 29.6 Å². The van der Waals surface area contributed by atoms with Crippen LogP contribution >= 0.6 is 24.0 Å². The van der Waals surface area contributed by atoms with E-state index in [1.54, 1.807) is 12.1 Å². The summed E-state index contributed by atoms with van der Waals surface area (Å²) in [4.78, 5) is 18.2. The van der Waals surface area contributed by atoms with Gasteiger partial charge in [0.1, 0.15) is 5.75 Å². The van der Waals surface area contributed by atoms with Gasteiger partial charge < -0.3 is 21.1 Å². The first-order chi connectivity index (χ1) is 10.2. The van der Waals surface area contributed by atoms with Crippen LogP contribution in [-0.2, 0) is 0 Å². The van der Waals surface area contributed by atoms with Crippen molar-refractivity contribution in [2.75, 3.05) is 26.2 Å². The molecule has 1 aromatic carbocycles. The molecule has 1 saturated heterocycles. The molecule has 0 saturated carbocycles. The number of hydrogen-bond donors (Lipinski definition) is 3. The van der Waals surface area contributed by atoms with Crippen LogP contribution < -0.4 is 11.1 Å². The summed E-state index contributed by atoms with van der Waals surface area (Å²) in [6.07, 6.45) is 3.58. The third kappa shape index (κ3) is 5.70. The molecule has 1 heterocycles. The Balaban J connectivity index is 0.00000242. The molecule has 0 unspecified atom stereocenters. The summed E-state index contributed by atoms with van der Waals surface area (Å²) in [6, 6.07) is 6.13. The lowest BCUT2D eigenvalue weighted by molar-refractivity contribution is 0.0955. The SMILES string of the molecule is I.NC(=NCCNC(=O)c1ccc(O)cc1)N1CCCCC1. The number of rotatable bonds is 4. The molecule has 0 aliphatic carbocycles. The number of phenols is 1. The maximum absolute atomic E-state index is 11.8. The van der Waals surface area contributed by atoms with E-state index in [9.17, 15) is 4.79 Å². The lowest BCUT2D eigenvalue weighted by Crippen LogP contribution is -2.41. The minimum absolute atomic E-state index is 0. The number of hydrogen-bond acceptors (Lipinski definition) is 3. The largest absolute Gasteiger partial charge is 0.508 e. The van der Waals surface area contributed by atoms with E-state index >= 15 is 0 Å². The lowest BCUT2D eigenvalue weighted by Gasteiger charge is -2.27. The fourth-order valence-electron chi connectivity index (χ4n) is 2.28. The van der Waals surface area contributed by atoms with Gasteiger partial charge in [-0.15, -0.1) is 24.0 Å². The van der Waals surface area contributed by atoms with Crippen LogP contribution in [0.4, 0.5) is 0 Å². The molecule has 7 heteroatoms. The van der Waals surface area contributed by atoms with Crippen LogP contribution in [0.25, 0.3) is 0 Å². The average molecular weight is 418 g/mol. The normalized spacial score (nSPS) is 15.1. The third-order valence-corrected chi connectivity index (χ3v) is 3.48. The Bertz CT molecular complexity index is 499. The Hall–Kier alpha value is -1.51. The van der Waals surface area contributed by atoms with Gasteiger partial charge in [-0.2, -0.15) is 0 Å². The Morgan fingerprint density at radius 1 is 1.23 bits per heavy atom. The highest BCUT2D eigenvalue weighted by Crippen LogP contribution is 2.09. The number of likely N-dealkylation sites (tertiary alicyclic amines) is 1. The fraction of sp³-hybridized carbons (Fsp3) is 0.467. The van der Waals surface area contributed by atoms with Gasteiger partial charge in [-0.25, -0.2) is 0 Å². The smallest absolute Gasteiger partial charge is 0.251 e. The maximum atomic E-state index is 11.8. The van der Waals surface area contributed by atoms with Crippen molar-refractivity contribution < 1.29 is 9.90 Å². The number of carbonyl (C=O) groups excluding carboxylic acids is 1. The number of amides is 1. The molecule has 22 heavy (non-hydrogen) atoms. The quantitative estimate of drug-likeness (QED) is 0.300. The minimum Gasteiger partial charge on any atom is -0.508 e. The number of aromatic hydroxyl groups is 1. The van der Waals surface area contributed by atoms with Crippen molar-refractivity contribution in [1.82, 2.24) is 10.2 Å². The van der Waals surface area contributed by atoms with Crippen molar-refractivity contribution in [3.63, 3.8) is 0 Å². The van der Waals surface area contributed by atoms with Crippen molar-refractivity contribution in [3.05, 3.63) is 29.8 Å². The van der Waals surface area contributed by atoms with Gasteiger partial charge in [0.25, 0.3) is 5.91 Å². The van der Waals surface area contributed by atoms with Crippen molar-refractivity contribution in [3.8, 4) is 5.75 Å². The number of benzene rings is 1. The summed E-state index contributed by atoms with van der Waals surface area (Å²) in [6.45, 7) is 2.84. The van der Waals surface area contributed by atoms with Gasteiger partial charge in [-0.3, -0.25) is 9.79 Å². The van der Waals surface area contributed by atoms with Crippen LogP contribution in [0, 0.1) is 0 Å². The van der Waals surface area contributed by atoms with Crippen molar-refractivity contribution in [1.29, 1.82) is 0 Å². The van der Waals surface area contributed by atoms with Gasteiger partial charge in [0.05, 0.1) is 6.54 Å². The van der Waals surface area contributed by atoms with Crippen LogP contribution in [0.3, 0.4) is 0 Å². The Morgan fingerprint density at radius 3 is 2.50 bits per heavy atom. The van der Waals surface area contributed by atoms with E-state index in [-0.39, 0.29) is 35.6 Å². The number of nitrogens with zero attached hydrogens (tertiary/aromatic N) is 2. The molecule has 1 amide bonds. The molecule has 6 nitrogen and oxygen atoms in total. The first-order valence-electron chi connectivity index (χ1n) is 7.29. The molecular formula is C15H23IN4O2. The number of aliphatic imine (C=N–C) groups is 1. The van der Waals surface area contributed by atoms with Gasteiger partial charge in [0, 0.05) is 25.2 Å². The predicted octanol–water partition coefficient (Wildman–Crippen LogP) is 1.54. The van der Waals surface area contributed by atoms with Gasteiger partial charge in [0.2, 0.25) is 0 Å². The summed E-state index contributed by atoms with van der Waals surface area (Å²) in [7, 11) is 0. The van der Waals surface area contributed by atoms with E-state index in [4.69, 9.17) is 10.8 Å². The van der Waals surface area contributed by atoms with E-state index in [1.807, 2.05) is 0 Å². The molecule has 1 aromatic rings. The topological polar surface area (TPSA) is 90.9 Å². The molecule has 0 aromatic heterocycles. The molecule has 4 N–H and O–H groups in total. The van der Waals surface area contributed by atoms with Gasteiger partial charge >= 0.3 is 0 Å². The third-order valence-electron chi connectivity index (χ3n) is 3.48. The number of guanidine groups is 1. The number of halogens is 1. The summed E-state index contributed by atoms with van der Waals surface area (Å²) in [5, 5.41) is 11.9. The summed E-state index contributed by atoms with van der Waals surface area (Å²) >= 11 is 0.